The zero-order chi connectivity index (χ0) is 19.1. The number of anilines is 1. The summed E-state index contributed by atoms with van der Waals surface area (Å²) in [5, 5.41) is 0. The van der Waals surface area contributed by atoms with Crippen LogP contribution in [0.2, 0.25) is 0 Å². The lowest BCUT2D eigenvalue weighted by Gasteiger charge is -2.21. The SMILES string of the molecule is Cc1ccc(C)c(SCC(=O)c2ccc3c(c2)C[C@@H](C)N3S(C)(=O)=O)c1. The molecule has 0 saturated heterocycles. The maximum Gasteiger partial charge on any atom is 0.232 e. The van der Waals surface area contributed by atoms with Crippen LogP contribution in [0.1, 0.15) is 34.0 Å². The van der Waals surface area contributed by atoms with Crippen molar-refractivity contribution in [2.75, 3.05) is 16.3 Å². The molecule has 0 fully saturated rings. The van der Waals surface area contributed by atoms with Crippen LogP contribution in [0.25, 0.3) is 0 Å². The fraction of sp³-hybridized carbons (Fsp3) is 0.350. The van der Waals surface area contributed by atoms with Crippen LogP contribution in [0, 0.1) is 13.8 Å². The number of aryl methyl sites for hydroxylation is 2. The van der Waals surface area contributed by atoms with Crippen LogP contribution in [0.15, 0.2) is 41.3 Å². The van der Waals surface area contributed by atoms with Crippen LogP contribution in [-0.4, -0.2) is 32.3 Å². The fourth-order valence-electron chi connectivity index (χ4n) is 3.37. The Labute approximate surface area is 159 Å². The molecule has 6 heteroatoms. The molecule has 2 aromatic carbocycles. The molecule has 1 aliphatic rings. The molecule has 4 nitrogen and oxygen atoms in total. The molecule has 0 unspecified atom stereocenters. The molecule has 138 valence electrons. The fourth-order valence-corrected chi connectivity index (χ4v) is 5.65. The summed E-state index contributed by atoms with van der Waals surface area (Å²) in [5.41, 5.74) is 4.60. The number of sulfonamides is 1. The van der Waals surface area contributed by atoms with E-state index in [4.69, 9.17) is 0 Å². The third-order valence-electron chi connectivity index (χ3n) is 4.61. The van der Waals surface area contributed by atoms with Crippen molar-refractivity contribution in [3.8, 4) is 0 Å². The van der Waals surface area contributed by atoms with Crippen molar-refractivity contribution in [2.24, 2.45) is 0 Å². The Morgan fingerprint density at radius 2 is 1.92 bits per heavy atom. The van der Waals surface area contributed by atoms with Gasteiger partial charge in [0.1, 0.15) is 0 Å². The molecule has 0 spiro atoms. The highest BCUT2D eigenvalue weighted by atomic mass is 32.2. The zero-order valence-electron chi connectivity index (χ0n) is 15.4. The van der Waals surface area contributed by atoms with E-state index in [-0.39, 0.29) is 11.8 Å². The summed E-state index contributed by atoms with van der Waals surface area (Å²) >= 11 is 1.55. The summed E-state index contributed by atoms with van der Waals surface area (Å²) in [6.45, 7) is 5.97. The van der Waals surface area contributed by atoms with E-state index in [1.807, 2.05) is 26.8 Å². The highest BCUT2D eigenvalue weighted by molar-refractivity contribution is 8.00. The number of nitrogens with zero attached hydrogens (tertiary/aromatic N) is 1. The third kappa shape index (κ3) is 3.81. The van der Waals surface area contributed by atoms with E-state index in [2.05, 4.69) is 18.2 Å². The summed E-state index contributed by atoms with van der Waals surface area (Å²) in [4.78, 5) is 13.7. The summed E-state index contributed by atoms with van der Waals surface area (Å²) in [6.07, 6.45) is 1.85. The molecule has 1 heterocycles. The van der Waals surface area contributed by atoms with E-state index >= 15 is 0 Å². The quantitative estimate of drug-likeness (QED) is 0.573. The van der Waals surface area contributed by atoms with Gasteiger partial charge in [0.15, 0.2) is 5.78 Å². The van der Waals surface area contributed by atoms with Crippen molar-refractivity contribution in [3.63, 3.8) is 0 Å². The van der Waals surface area contributed by atoms with Gasteiger partial charge in [0.2, 0.25) is 10.0 Å². The van der Waals surface area contributed by atoms with Crippen LogP contribution in [0.5, 0.6) is 0 Å². The number of hydrogen-bond acceptors (Lipinski definition) is 4. The van der Waals surface area contributed by atoms with Crippen LogP contribution in [0.4, 0.5) is 5.69 Å². The van der Waals surface area contributed by atoms with Gasteiger partial charge in [-0.15, -0.1) is 11.8 Å². The van der Waals surface area contributed by atoms with E-state index in [0.29, 0.717) is 23.4 Å². The summed E-state index contributed by atoms with van der Waals surface area (Å²) in [5.74, 6) is 0.429. The average Bonchev–Trinajstić information content (AvgIpc) is 2.90. The van der Waals surface area contributed by atoms with Gasteiger partial charge in [-0.2, -0.15) is 0 Å². The van der Waals surface area contributed by atoms with E-state index in [9.17, 15) is 13.2 Å². The summed E-state index contributed by atoms with van der Waals surface area (Å²) < 4.78 is 25.4. The molecule has 1 atom stereocenters. The molecule has 0 amide bonds. The first-order chi connectivity index (χ1) is 12.2. The van der Waals surface area contributed by atoms with Crippen molar-refractivity contribution >= 4 is 33.3 Å². The predicted octanol–water partition coefficient (Wildman–Crippen LogP) is 3.99. The second-order valence-electron chi connectivity index (χ2n) is 6.94. The molecule has 0 bridgehead atoms. The predicted molar refractivity (Wildman–Crippen MR) is 108 cm³/mol. The molecule has 0 N–H and O–H groups in total. The van der Waals surface area contributed by atoms with Crippen LogP contribution in [-0.2, 0) is 16.4 Å². The van der Waals surface area contributed by atoms with Crippen molar-refractivity contribution < 1.29 is 13.2 Å². The van der Waals surface area contributed by atoms with Crippen LogP contribution >= 0.6 is 11.8 Å². The Morgan fingerprint density at radius 1 is 1.19 bits per heavy atom. The Hall–Kier alpha value is -1.79. The molecule has 0 saturated carbocycles. The maximum absolute atomic E-state index is 12.6. The second kappa shape index (κ2) is 7.08. The third-order valence-corrected chi connectivity index (χ3v) is 7.04. The van der Waals surface area contributed by atoms with Crippen molar-refractivity contribution in [1.29, 1.82) is 0 Å². The van der Waals surface area contributed by atoms with Gasteiger partial charge in [-0.1, -0.05) is 17.7 Å². The van der Waals surface area contributed by atoms with E-state index < -0.39 is 10.0 Å². The Bertz CT molecular complexity index is 967. The lowest BCUT2D eigenvalue weighted by atomic mass is 10.0. The first-order valence-electron chi connectivity index (χ1n) is 8.52. The monoisotopic (exact) mass is 389 g/mol. The Kier molecular flexibility index (Phi) is 5.17. The number of fused-ring (bicyclic) bond motifs is 1. The molecule has 2 aromatic rings. The Balaban J connectivity index is 1.78. The summed E-state index contributed by atoms with van der Waals surface area (Å²) in [7, 11) is -3.31. The van der Waals surface area contributed by atoms with Crippen LogP contribution < -0.4 is 4.31 Å². The minimum absolute atomic E-state index is 0.0594. The number of benzene rings is 2. The van der Waals surface area contributed by atoms with E-state index in [0.717, 1.165) is 10.5 Å². The molecule has 3 rings (SSSR count). The molecular formula is C20H23NO3S2. The number of ketones is 1. The molecule has 0 radical (unpaired) electrons. The maximum atomic E-state index is 12.6. The molecule has 0 aliphatic carbocycles. The van der Waals surface area contributed by atoms with Gasteiger partial charge < -0.3 is 0 Å². The van der Waals surface area contributed by atoms with Crippen molar-refractivity contribution in [3.05, 3.63) is 58.7 Å². The first-order valence-corrected chi connectivity index (χ1v) is 11.4. The van der Waals surface area contributed by atoms with E-state index in [1.54, 1.807) is 23.9 Å². The largest absolute Gasteiger partial charge is 0.293 e. The smallest absolute Gasteiger partial charge is 0.232 e. The highest BCUT2D eigenvalue weighted by Gasteiger charge is 2.32. The van der Waals surface area contributed by atoms with Crippen LogP contribution in [0.3, 0.4) is 0 Å². The lowest BCUT2D eigenvalue weighted by Crippen LogP contribution is -2.34. The number of Topliss-reactive ketones (excluding diaryl/α,β-unsaturated/α-hetero) is 1. The van der Waals surface area contributed by atoms with Gasteiger partial charge >= 0.3 is 0 Å². The Morgan fingerprint density at radius 3 is 2.62 bits per heavy atom. The number of hydrogen-bond donors (Lipinski definition) is 0. The summed E-state index contributed by atoms with van der Waals surface area (Å²) in [6, 6.07) is 11.5. The molecule has 1 aliphatic heterocycles. The standard InChI is InChI=1S/C20H23NO3S2/c1-13-5-6-14(2)20(9-13)25-12-19(22)16-7-8-18-17(11-16)10-15(3)21(18)26(4,23)24/h5-9,11,15H,10,12H2,1-4H3/t15-/m1/s1. The van der Waals surface area contributed by atoms with Gasteiger partial charge in [0.05, 0.1) is 17.7 Å². The van der Waals surface area contributed by atoms with Crippen molar-refractivity contribution in [1.82, 2.24) is 0 Å². The number of carbonyl (C=O) groups is 1. The molecule has 0 aromatic heterocycles. The van der Waals surface area contributed by atoms with Gasteiger partial charge in [-0.05, 0) is 62.6 Å². The first kappa shape index (κ1) is 19.0. The molecule has 26 heavy (non-hydrogen) atoms. The zero-order valence-corrected chi connectivity index (χ0v) is 17.1. The average molecular weight is 390 g/mol. The minimum Gasteiger partial charge on any atom is -0.293 e. The van der Waals surface area contributed by atoms with Gasteiger partial charge in [0, 0.05) is 16.5 Å². The lowest BCUT2D eigenvalue weighted by molar-refractivity contribution is 0.102. The molecular weight excluding hydrogens is 366 g/mol. The number of rotatable bonds is 5. The van der Waals surface area contributed by atoms with Crippen molar-refractivity contribution in [2.45, 2.75) is 38.1 Å². The number of thioether (sulfide) groups is 1. The van der Waals surface area contributed by atoms with Gasteiger partial charge in [-0.25, -0.2) is 8.42 Å². The normalized spacial score (nSPS) is 16.6. The topological polar surface area (TPSA) is 54.5 Å². The second-order valence-corrected chi connectivity index (χ2v) is 9.81. The number of carbonyl (C=O) groups excluding carboxylic acids is 1. The highest BCUT2D eigenvalue weighted by Crippen LogP contribution is 2.35. The minimum atomic E-state index is -3.31. The van der Waals surface area contributed by atoms with E-state index in [1.165, 1.54) is 21.7 Å². The van der Waals surface area contributed by atoms with Gasteiger partial charge in [0.25, 0.3) is 0 Å². The van der Waals surface area contributed by atoms with Gasteiger partial charge in [-0.3, -0.25) is 9.10 Å².